The van der Waals surface area contributed by atoms with E-state index < -0.39 is 6.09 Å². The van der Waals surface area contributed by atoms with Gasteiger partial charge in [0.05, 0.1) is 5.52 Å². The number of aromatic nitrogens is 2. The second-order valence-corrected chi connectivity index (χ2v) is 2.26. The third-order valence-corrected chi connectivity index (χ3v) is 1.62. The van der Waals surface area contributed by atoms with Gasteiger partial charge < -0.3 is 10.1 Å². The number of rotatable bonds is 0. The zero-order chi connectivity index (χ0) is 7.84. The van der Waals surface area contributed by atoms with Gasteiger partial charge in [0.2, 0.25) is 0 Å². The number of fused-ring (bicyclic) bond motifs is 1. The SMILES string of the molecule is O=C(O)n1ccc2c[nH]cc21. The minimum Gasteiger partial charge on any atom is -0.464 e. The van der Waals surface area contributed by atoms with Gasteiger partial charge in [0, 0.05) is 24.0 Å². The summed E-state index contributed by atoms with van der Waals surface area (Å²) >= 11 is 0. The summed E-state index contributed by atoms with van der Waals surface area (Å²) in [7, 11) is 0. The van der Waals surface area contributed by atoms with Crippen LogP contribution < -0.4 is 0 Å². The fourth-order valence-corrected chi connectivity index (χ4v) is 1.11. The molecule has 0 spiro atoms. The Kier molecular flexibility index (Phi) is 1.03. The van der Waals surface area contributed by atoms with Crippen molar-refractivity contribution in [3.05, 3.63) is 24.7 Å². The second-order valence-electron chi connectivity index (χ2n) is 2.26. The number of H-pyrrole nitrogens is 1. The molecule has 2 aromatic rings. The summed E-state index contributed by atoms with van der Waals surface area (Å²) in [5.41, 5.74) is 0.692. The lowest BCUT2D eigenvalue weighted by molar-refractivity contribution is 0.197. The van der Waals surface area contributed by atoms with Crippen molar-refractivity contribution in [3.63, 3.8) is 0 Å². The summed E-state index contributed by atoms with van der Waals surface area (Å²) in [4.78, 5) is 13.4. The molecule has 0 aliphatic rings. The highest BCUT2D eigenvalue weighted by Crippen LogP contribution is 2.13. The van der Waals surface area contributed by atoms with Gasteiger partial charge >= 0.3 is 6.09 Å². The molecule has 0 radical (unpaired) electrons. The maximum absolute atomic E-state index is 10.5. The number of hydrogen-bond acceptors (Lipinski definition) is 1. The lowest BCUT2D eigenvalue weighted by atomic mass is 10.4. The quantitative estimate of drug-likeness (QED) is 0.597. The molecule has 4 heteroatoms. The van der Waals surface area contributed by atoms with E-state index in [1.807, 2.05) is 0 Å². The molecule has 0 aliphatic heterocycles. The normalized spacial score (nSPS) is 10.5. The second kappa shape index (κ2) is 1.88. The molecule has 4 nitrogen and oxygen atoms in total. The molecule has 2 N–H and O–H groups in total. The number of aromatic amines is 1. The highest BCUT2D eigenvalue weighted by atomic mass is 16.4. The van der Waals surface area contributed by atoms with E-state index in [2.05, 4.69) is 4.98 Å². The van der Waals surface area contributed by atoms with Gasteiger partial charge in [-0.15, -0.1) is 0 Å². The smallest absolute Gasteiger partial charge is 0.416 e. The van der Waals surface area contributed by atoms with Crippen LogP contribution in [0.4, 0.5) is 4.79 Å². The van der Waals surface area contributed by atoms with Crippen LogP contribution in [0, 0.1) is 0 Å². The number of nitrogens with zero attached hydrogens (tertiary/aromatic N) is 1. The first-order valence-corrected chi connectivity index (χ1v) is 3.16. The van der Waals surface area contributed by atoms with Gasteiger partial charge in [-0.05, 0) is 6.07 Å². The van der Waals surface area contributed by atoms with E-state index in [-0.39, 0.29) is 0 Å². The van der Waals surface area contributed by atoms with Crippen molar-refractivity contribution in [2.24, 2.45) is 0 Å². The first-order valence-electron chi connectivity index (χ1n) is 3.16. The standard InChI is InChI=1S/C7H6N2O2/c10-7(11)9-2-1-5-3-8-4-6(5)9/h1-4,8H,(H,10,11). The van der Waals surface area contributed by atoms with Gasteiger partial charge in [-0.25, -0.2) is 4.79 Å². The average molecular weight is 150 g/mol. The molecule has 0 fully saturated rings. The number of carboxylic acid groups (broad SMARTS) is 1. The molecule has 2 rings (SSSR count). The Morgan fingerprint density at radius 2 is 2.36 bits per heavy atom. The molecule has 0 saturated carbocycles. The molecule has 0 bridgehead atoms. The van der Waals surface area contributed by atoms with Crippen LogP contribution in [0.1, 0.15) is 0 Å². The van der Waals surface area contributed by atoms with Crippen LogP contribution in [0.2, 0.25) is 0 Å². The molecule has 0 unspecified atom stereocenters. The molecular weight excluding hydrogens is 144 g/mol. The van der Waals surface area contributed by atoms with E-state index in [4.69, 9.17) is 5.11 Å². The largest absolute Gasteiger partial charge is 0.464 e. The van der Waals surface area contributed by atoms with Gasteiger partial charge in [0.15, 0.2) is 0 Å². The monoisotopic (exact) mass is 150 g/mol. The Morgan fingerprint density at radius 3 is 3.09 bits per heavy atom. The van der Waals surface area contributed by atoms with Crippen LogP contribution >= 0.6 is 0 Å². The van der Waals surface area contributed by atoms with Crippen LogP contribution in [0.3, 0.4) is 0 Å². The molecule has 0 amide bonds. The highest BCUT2D eigenvalue weighted by Gasteiger charge is 2.05. The summed E-state index contributed by atoms with van der Waals surface area (Å²) in [5.74, 6) is 0. The maximum Gasteiger partial charge on any atom is 0.416 e. The van der Waals surface area contributed by atoms with Crippen molar-refractivity contribution in [1.82, 2.24) is 9.55 Å². The minimum atomic E-state index is -0.959. The molecule has 2 heterocycles. The fraction of sp³-hybridized carbons (Fsp3) is 0. The van der Waals surface area contributed by atoms with Crippen LogP contribution in [-0.4, -0.2) is 20.8 Å². The Labute approximate surface area is 62.1 Å². The van der Waals surface area contributed by atoms with E-state index in [1.54, 1.807) is 18.5 Å². The van der Waals surface area contributed by atoms with Crippen LogP contribution in [0.15, 0.2) is 24.7 Å². The summed E-state index contributed by atoms with van der Waals surface area (Å²) in [5, 5.41) is 9.55. The molecule has 11 heavy (non-hydrogen) atoms. The topological polar surface area (TPSA) is 58.0 Å². The summed E-state index contributed by atoms with van der Waals surface area (Å²) in [6, 6.07) is 1.75. The maximum atomic E-state index is 10.5. The molecule has 0 atom stereocenters. The molecular formula is C7H6N2O2. The van der Waals surface area contributed by atoms with E-state index >= 15 is 0 Å². The van der Waals surface area contributed by atoms with Crippen molar-refractivity contribution in [2.45, 2.75) is 0 Å². The molecule has 0 aromatic carbocycles. The van der Waals surface area contributed by atoms with E-state index in [9.17, 15) is 4.79 Å². The zero-order valence-electron chi connectivity index (χ0n) is 5.61. The third kappa shape index (κ3) is 0.724. The minimum absolute atomic E-state index is 0.692. The summed E-state index contributed by atoms with van der Waals surface area (Å²) < 4.78 is 1.17. The van der Waals surface area contributed by atoms with E-state index in [1.165, 1.54) is 10.8 Å². The molecule has 2 aromatic heterocycles. The highest BCUT2D eigenvalue weighted by molar-refractivity contribution is 5.88. The van der Waals surface area contributed by atoms with Gasteiger partial charge in [-0.1, -0.05) is 0 Å². The fourth-order valence-electron chi connectivity index (χ4n) is 1.11. The van der Waals surface area contributed by atoms with E-state index in [0.717, 1.165) is 5.39 Å². The Bertz CT molecular complexity index is 399. The Hall–Kier alpha value is -1.71. The lowest BCUT2D eigenvalue weighted by Crippen LogP contribution is -2.04. The Morgan fingerprint density at radius 1 is 1.55 bits per heavy atom. The first-order chi connectivity index (χ1) is 5.29. The van der Waals surface area contributed by atoms with E-state index in [0.29, 0.717) is 5.52 Å². The van der Waals surface area contributed by atoms with Crippen molar-refractivity contribution in [1.29, 1.82) is 0 Å². The average Bonchev–Trinajstić information content (AvgIpc) is 2.41. The van der Waals surface area contributed by atoms with Crippen molar-refractivity contribution in [2.75, 3.05) is 0 Å². The lowest BCUT2D eigenvalue weighted by Gasteiger charge is -1.91. The molecule has 0 saturated heterocycles. The Balaban J connectivity index is 2.78. The number of carbonyl (C=O) groups is 1. The van der Waals surface area contributed by atoms with Gasteiger partial charge in [0.25, 0.3) is 0 Å². The summed E-state index contributed by atoms with van der Waals surface area (Å²) in [6.07, 6.45) is 3.98. The third-order valence-electron chi connectivity index (χ3n) is 1.62. The van der Waals surface area contributed by atoms with Crippen molar-refractivity contribution >= 4 is 17.0 Å². The molecule has 0 aliphatic carbocycles. The zero-order valence-corrected chi connectivity index (χ0v) is 5.61. The molecule has 56 valence electrons. The summed E-state index contributed by atoms with van der Waals surface area (Å²) in [6.45, 7) is 0. The van der Waals surface area contributed by atoms with Crippen molar-refractivity contribution < 1.29 is 9.90 Å². The van der Waals surface area contributed by atoms with Crippen molar-refractivity contribution in [3.8, 4) is 0 Å². The van der Waals surface area contributed by atoms with Gasteiger partial charge in [0.1, 0.15) is 0 Å². The van der Waals surface area contributed by atoms with Gasteiger partial charge in [-0.3, -0.25) is 4.57 Å². The van der Waals surface area contributed by atoms with Crippen LogP contribution in [0.25, 0.3) is 10.9 Å². The number of hydrogen-bond donors (Lipinski definition) is 2. The first kappa shape index (κ1) is 6.03. The van der Waals surface area contributed by atoms with Crippen LogP contribution in [0.5, 0.6) is 0 Å². The predicted molar refractivity (Wildman–Crippen MR) is 39.7 cm³/mol. The van der Waals surface area contributed by atoms with Crippen LogP contribution in [-0.2, 0) is 0 Å². The van der Waals surface area contributed by atoms with Gasteiger partial charge in [-0.2, -0.15) is 0 Å². The predicted octanol–water partition coefficient (Wildman–Crippen LogP) is 1.50. The number of nitrogens with one attached hydrogen (secondary N) is 1.